The minimum Gasteiger partial charge on any atom is -0.309 e. The average Bonchev–Trinajstić information content (AvgIpc) is 2.93. The summed E-state index contributed by atoms with van der Waals surface area (Å²) in [6.07, 6.45) is 0. The van der Waals surface area contributed by atoms with Crippen molar-refractivity contribution in [3.8, 4) is 0 Å². The van der Waals surface area contributed by atoms with Crippen LogP contribution in [-0.4, -0.2) is 7.05 Å². The number of nitrogens with one attached hydrogen (secondary N) is 1. The summed E-state index contributed by atoms with van der Waals surface area (Å²) in [6.45, 7) is 0. The molecule has 0 aliphatic rings. The van der Waals surface area contributed by atoms with Gasteiger partial charge in [-0.25, -0.2) is 8.78 Å². The molecule has 1 atom stereocenters. The normalized spacial score (nSPS) is 12.8. The molecule has 1 heterocycles. The van der Waals surface area contributed by atoms with Crippen LogP contribution < -0.4 is 5.32 Å². The second-order valence-electron chi connectivity index (χ2n) is 4.58. The van der Waals surface area contributed by atoms with Crippen LogP contribution in [0.5, 0.6) is 0 Å². The Kier molecular flexibility index (Phi) is 3.51. The van der Waals surface area contributed by atoms with E-state index < -0.39 is 11.6 Å². The highest BCUT2D eigenvalue weighted by Crippen LogP contribution is 2.32. The zero-order chi connectivity index (χ0) is 14.1. The number of thiophene rings is 1. The van der Waals surface area contributed by atoms with Crippen LogP contribution in [0.4, 0.5) is 8.78 Å². The van der Waals surface area contributed by atoms with Gasteiger partial charge in [-0.15, -0.1) is 11.3 Å². The Balaban J connectivity index is 2.13. The summed E-state index contributed by atoms with van der Waals surface area (Å²) in [5, 5.41) is 6.38. The van der Waals surface area contributed by atoms with Crippen molar-refractivity contribution < 1.29 is 8.78 Å². The number of halogens is 2. The van der Waals surface area contributed by atoms with E-state index in [0.717, 1.165) is 15.6 Å². The van der Waals surface area contributed by atoms with Gasteiger partial charge < -0.3 is 5.32 Å². The van der Waals surface area contributed by atoms with Gasteiger partial charge in [0.25, 0.3) is 0 Å². The highest BCUT2D eigenvalue weighted by atomic mass is 32.1. The molecule has 0 aliphatic carbocycles. The first-order valence-electron chi connectivity index (χ1n) is 6.29. The molecule has 20 heavy (non-hydrogen) atoms. The van der Waals surface area contributed by atoms with Gasteiger partial charge >= 0.3 is 0 Å². The van der Waals surface area contributed by atoms with Crippen molar-refractivity contribution in [2.75, 3.05) is 7.05 Å². The van der Waals surface area contributed by atoms with Crippen LogP contribution in [0.15, 0.2) is 47.8 Å². The lowest BCUT2D eigenvalue weighted by Gasteiger charge is -2.18. The molecule has 102 valence electrons. The fourth-order valence-corrected chi connectivity index (χ4v) is 3.38. The second-order valence-corrected chi connectivity index (χ2v) is 5.50. The van der Waals surface area contributed by atoms with Gasteiger partial charge in [-0.3, -0.25) is 0 Å². The van der Waals surface area contributed by atoms with Crippen LogP contribution >= 0.6 is 11.3 Å². The molecular weight excluding hydrogens is 276 g/mol. The van der Waals surface area contributed by atoms with Crippen LogP contribution in [0.2, 0.25) is 0 Å². The first-order chi connectivity index (χ1) is 9.70. The van der Waals surface area contributed by atoms with E-state index in [1.54, 1.807) is 17.4 Å². The topological polar surface area (TPSA) is 12.0 Å². The first-order valence-corrected chi connectivity index (χ1v) is 7.17. The molecule has 3 rings (SSSR count). The minimum absolute atomic E-state index is 0.160. The molecule has 0 saturated heterocycles. The third-order valence-electron chi connectivity index (χ3n) is 3.39. The summed E-state index contributed by atoms with van der Waals surface area (Å²) in [5.74, 6) is -1.64. The molecule has 1 nitrogen and oxygen atoms in total. The Morgan fingerprint density at radius 3 is 2.65 bits per heavy atom. The quantitative estimate of drug-likeness (QED) is 0.749. The van der Waals surface area contributed by atoms with Gasteiger partial charge in [0, 0.05) is 4.70 Å². The van der Waals surface area contributed by atoms with Crippen molar-refractivity contribution in [1.82, 2.24) is 5.32 Å². The minimum atomic E-state index is -0.821. The number of fused-ring (bicyclic) bond motifs is 1. The predicted octanol–water partition coefficient (Wildman–Crippen LogP) is 4.49. The monoisotopic (exact) mass is 289 g/mol. The smallest absolute Gasteiger partial charge is 0.159 e. The lowest BCUT2D eigenvalue weighted by molar-refractivity contribution is 0.505. The first kappa shape index (κ1) is 13.2. The molecule has 0 bridgehead atoms. The molecule has 0 spiro atoms. The summed E-state index contributed by atoms with van der Waals surface area (Å²) >= 11 is 1.65. The van der Waals surface area contributed by atoms with Crippen molar-refractivity contribution in [2.24, 2.45) is 0 Å². The van der Waals surface area contributed by atoms with E-state index in [1.165, 1.54) is 12.1 Å². The lowest BCUT2D eigenvalue weighted by Crippen LogP contribution is -2.18. The van der Waals surface area contributed by atoms with Crippen molar-refractivity contribution in [3.63, 3.8) is 0 Å². The van der Waals surface area contributed by atoms with E-state index >= 15 is 0 Å². The molecule has 0 fully saturated rings. The molecule has 1 N–H and O–H groups in total. The van der Waals surface area contributed by atoms with Crippen LogP contribution in [-0.2, 0) is 0 Å². The predicted molar refractivity (Wildman–Crippen MR) is 79.1 cm³/mol. The van der Waals surface area contributed by atoms with Crippen LogP contribution in [0.25, 0.3) is 10.1 Å². The third kappa shape index (κ3) is 2.21. The second kappa shape index (κ2) is 5.31. The Bertz CT molecular complexity index is 751. The number of hydrogen-bond acceptors (Lipinski definition) is 2. The Labute approximate surface area is 119 Å². The van der Waals surface area contributed by atoms with E-state index in [1.807, 2.05) is 30.6 Å². The largest absolute Gasteiger partial charge is 0.309 e. The summed E-state index contributed by atoms with van der Waals surface area (Å²) in [4.78, 5) is 0. The van der Waals surface area contributed by atoms with Gasteiger partial charge in [-0.05, 0) is 47.1 Å². The highest BCUT2D eigenvalue weighted by molar-refractivity contribution is 7.17. The summed E-state index contributed by atoms with van der Waals surface area (Å²) in [5.41, 5.74) is 1.79. The Hall–Kier alpha value is -1.78. The van der Waals surface area contributed by atoms with Gasteiger partial charge in [0.1, 0.15) is 0 Å². The Morgan fingerprint density at radius 2 is 1.90 bits per heavy atom. The molecule has 0 radical (unpaired) electrons. The van der Waals surface area contributed by atoms with Crippen molar-refractivity contribution in [1.29, 1.82) is 0 Å². The maximum atomic E-state index is 13.4. The fraction of sp³-hybridized carbons (Fsp3) is 0.125. The van der Waals surface area contributed by atoms with E-state index in [2.05, 4.69) is 11.4 Å². The van der Waals surface area contributed by atoms with E-state index in [0.29, 0.717) is 5.56 Å². The average molecular weight is 289 g/mol. The standard InChI is InChI=1S/C16H13F2NS/c1-19-15(11-5-6-13(17)14(18)9-11)12-4-2-3-10-7-8-20-16(10)12/h2-9,15,19H,1H3. The van der Waals surface area contributed by atoms with Gasteiger partial charge in [0.15, 0.2) is 11.6 Å². The number of benzene rings is 2. The maximum absolute atomic E-state index is 13.4. The molecule has 0 saturated carbocycles. The molecule has 3 aromatic rings. The van der Waals surface area contributed by atoms with Gasteiger partial charge in [-0.1, -0.05) is 24.3 Å². The number of hydrogen-bond donors (Lipinski definition) is 1. The van der Waals surface area contributed by atoms with Gasteiger partial charge in [0.2, 0.25) is 0 Å². The molecule has 1 aromatic heterocycles. The SMILES string of the molecule is CNC(c1ccc(F)c(F)c1)c1cccc2ccsc12. The van der Waals surface area contributed by atoms with Crippen molar-refractivity contribution >= 4 is 21.4 Å². The fourth-order valence-electron chi connectivity index (χ4n) is 2.44. The summed E-state index contributed by atoms with van der Waals surface area (Å²) < 4.78 is 27.7. The van der Waals surface area contributed by atoms with Crippen molar-refractivity contribution in [3.05, 3.63) is 70.6 Å². The van der Waals surface area contributed by atoms with Crippen molar-refractivity contribution in [2.45, 2.75) is 6.04 Å². The molecule has 2 aromatic carbocycles. The Morgan fingerprint density at radius 1 is 1.05 bits per heavy atom. The van der Waals surface area contributed by atoms with Gasteiger partial charge in [-0.2, -0.15) is 0 Å². The number of rotatable bonds is 3. The van der Waals surface area contributed by atoms with E-state index in [9.17, 15) is 8.78 Å². The van der Waals surface area contributed by atoms with Crippen LogP contribution in [0.3, 0.4) is 0 Å². The summed E-state index contributed by atoms with van der Waals surface area (Å²) in [6, 6.07) is 12.0. The lowest BCUT2D eigenvalue weighted by atomic mass is 9.97. The zero-order valence-corrected chi connectivity index (χ0v) is 11.7. The molecule has 0 amide bonds. The van der Waals surface area contributed by atoms with Crippen LogP contribution in [0, 0.1) is 11.6 Å². The van der Waals surface area contributed by atoms with E-state index in [-0.39, 0.29) is 6.04 Å². The van der Waals surface area contributed by atoms with Gasteiger partial charge in [0.05, 0.1) is 6.04 Å². The molecule has 4 heteroatoms. The third-order valence-corrected chi connectivity index (χ3v) is 4.37. The molecule has 1 unspecified atom stereocenters. The zero-order valence-electron chi connectivity index (χ0n) is 10.9. The maximum Gasteiger partial charge on any atom is 0.159 e. The summed E-state index contributed by atoms with van der Waals surface area (Å²) in [7, 11) is 1.82. The molecular formula is C16H13F2NS. The molecule has 0 aliphatic heterocycles. The van der Waals surface area contributed by atoms with Crippen LogP contribution in [0.1, 0.15) is 17.2 Å². The van der Waals surface area contributed by atoms with E-state index in [4.69, 9.17) is 0 Å². The highest BCUT2D eigenvalue weighted by Gasteiger charge is 2.17.